The van der Waals surface area contributed by atoms with E-state index >= 15 is 0 Å². The highest BCUT2D eigenvalue weighted by atomic mass is 32.1. The molecule has 10 nitrogen and oxygen atoms in total. The predicted octanol–water partition coefficient (Wildman–Crippen LogP) is 2.05. The molecule has 3 aromatic rings. The number of amides is 2. The summed E-state index contributed by atoms with van der Waals surface area (Å²) in [6.07, 6.45) is 4.17. The minimum absolute atomic E-state index is 0.000937. The van der Waals surface area contributed by atoms with Crippen molar-refractivity contribution in [1.82, 2.24) is 19.7 Å². The third-order valence-corrected chi connectivity index (χ3v) is 6.34. The van der Waals surface area contributed by atoms with Crippen LogP contribution in [0.2, 0.25) is 0 Å². The number of hydrogen-bond acceptors (Lipinski definition) is 9. The zero-order valence-corrected chi connectivity index (χ0v) is 19.4. The number of carbonyl (C=O) groups excluding carboxylic acids is 3. The summed E-state index contributed by atoms with van der Waals surface area (Å²) in [6, 6.07) is 4.34. The Labute approximate surface area is 203 Å². The molecule has 1 fully saturated rings. The van der Waals surface area contributed by atoms with Crippen molar-refractivity contribution in [3.05, 3.63) is 58.6 Å². The van der Waals surface area contributed by atoms with Crippen LogP contribution in [-0.2, 0) is 4.79 Å². The van der Waals surface area contributed by atoms with E-state index < -0.39 is 36.4 Å². The molecule has 2 amide bonds. The van der Waals surface area contributed by atoms with Gasteiger partial charge in [-0.3, -0.25) is 14.4 Å². The van der Waals surface area contributed by atoms with Crippen LogP contribution in [0.25, 0.3) is 11.3 Å². The molecule has 2 aromatic heterocycles. The van der Waals surface area contributed by atoms with Gasteiger partial charge in [-0.05, 0) is 49.5 Å². The van der Waals surface area contributed by atoms with Crippen LogP contribution in [0.3, 0.4) is 0 Å². The van der Waals surface area contributed by atoms with Crippen molar-refractivity contribution in [3.63, 3.8) is 0 Å². The maximum Gasteiger partial charge on any atom is 0.254 e. The lowest BCUT2D eigenvalue weighted by atomic mass is 10.1. The molecule has 0 radical (unpaired) electrons. The number of primary amides is 1. The van der Waals surface area contributed by atoms with E-state index in [2.05, 4.69) is 19.7 Å². The molecule has 0 saturated heterocycles. The second-order valence-corrected chi connectivity index (χ2v) is 8.90. The third kappa shape index (κ3) is 5.66. The van der Waals surface area contributed by atoms with E-state index in [9.17, 15) is 18.8 Å². The van der Waals surface area contributed by atoms with Gasteiger partial charge < -0.3 is 20.9 Å². The van der Waals surface area contributed by atoms with Crippen molar-refractivity contribution in [1.29, 1.82) is 0 Å². The van der Waals surface area contributed by atoms with E-state index in [0.717, 1.165) is 35.3 Å². The summed E-state index contributed by atoms with van der Waals surface area (Å²) < 4.78 is 24.7. The van der Waals surface area contributed by atoms with Gasteiger partial charge in [0.15, 0.2) is 5.78 Å². The first-order chi connectivity index (χ1) is 16.8. The van der Waals surface area contributed by atoms with E-state index in [0.29, 0.717) is 17.0 Å². The quantitative estimate of drug-likeness (QED) is 0.358. The van der Waals surface area contributed by atoms with Crippen LogP contribution in [0.15, 0.2) is 36.7 Å². The first-order valence-electron chi connectivity index (χ1n) is 10.8. The molecule has 0 bridgehead atoms. The van der Waals surface area contributed by atoms with Gasteiger partial charge in [0, 0.05) is 11.5 Å². The van der Waals surface area contributed by atoms with Crippen molar-refractivity contribution < 1.29 is 28.6 Å². The van der Waals surface area contributed by atoms with E-state index in [4.69, 9.17) is 15.6 Å². The fourth-order valence-corrected chi connectivity index (χ4v) is 3.94. The Kier molecular flexibility index (Phi) is 7.12. The molecule has 1 aliphatic rings. The van der Waals surface area contributed by atoms with Crippen LogP contribution in [0.1, 0.15) is 51.6 Å². The molecule has 1 aliphatic carbocycles. The smallest absolute Gasteiger partial charge is 0.254 e. The predicted molar refractivity (Wildman–Crippen MR) is 123 cm³/mol. The number of ether oxygens (including phenoxy) is 1. The molecule has 4 N–H and O–H groups in total. The Balaban J connectivity index is 1.42. The average Bonchev–Trinajstić information content (AvgIpc) is 3.57. The number of ketones is 1. The van der Waals surface area contributed by atoms with Gasteiger partial charge in [0.2, 0.25) is 11.8 Å². The average molecular weight is 500 g/mol. The van der Waals surface area contributed by atoms with Gasteiger partial charge in [0.1, 0.15) is 23.7 Å². The van der Waals surface area contributed by atoms with Gasteiger partial charge in [-0.25, -0.2) is 14.4 Å². The zero-order chi connectivity index (χ0) is 25.1. The van der Waals surface area contributed by atoms with Gasteiger partial charge in [-0.2, -0.15) is 4.37 Å². The van der Waals surface area contributed by atoms with Crippen LogP contribution >= 0.6 is 11.5 Å². The molecule has 1 aromatic carbocycles. The Morgan fingerprint density at radius 1 is 1.26 bits per heavy atom. The van der Waals surface area contributed by atoms with Crippen LogP contribution < -0.4 is 15.8 Å². The van der Waals surface area contributed by atoms with E-state index in [-0.39, 0.29) is 23.1 Å². The highest BCUT2D eigenvalue weighted by molar-refractivity contribution is 7.06. The number of rotatable bonds is 10. The van der Waals surface area contributed by atoms with Crippen LogP contribution in [0.5, 0.6) is 5.88 Å². The van der Waals surface area contributed by atoms with Gasteiger partial charge in [-0.15, -0.1) is 0 Å². The van der Waals surface area contributed by atoms with Crippen LogP contribution in [-0.4, -0.2) is 49.7 Å². The number of carbonyl (C=O) groups is 3. The molecule has 2 atom stereocenters. The van der Waals surface area contributed by atoms with Crippen LogP contribution in [0, 0.1) is 11.7 Å². The number of hydrogen-bond donors (Lipinski definition) is 3. The summed E-state index contributed by atoms with van der Waals surface area (Å²) >= 11 is 1.16. The fourth-order valence-electron chi connectivity index (χ4n) is 3.22. The molecule has 2 heterocycles. The number of nitrogens with two attached hydrogens (primary N) is 1. The van der Waals surface area contributed by atoms with Crippen molar-refractivity contribution in [2.45, 2.75) is 31.9 Å². The highest BCUT2D eigenvalue weighted by Crippen LogP contribution is 2.32. The summed E-state index contributed by atoms with van der Waals surface area (Å²) in [5, 5.41) is 11.3. The Hall–Kier alpha value is -3.77. The number of nitrogens with one attached hydrogen (secondary N) is 1. The maximum atomic E-state index is 14.6. The van der Waals surface area contributed by atoms with E-state index in [1.165, 1.54) is 24.5 Å². The second-order valence-electron chi connectivity index (χ2n) is 8.06. The summed E-state index contributed by atoms with van der Waals surface area (Å²) in [5.41, 5.74) is 6.01. The molecular weight excluding hydrogens is 477 g/mol. The van der Waals surface area contributed by atoms with Gasteiger partial charge in [-0.1, -0.05) is 6.07 Å². The third-order valence-electron chi connectivity index (χ3n) is 5.40. The highest BCUT2D eigenvalue weighted by Gasteiger charge is 2.31. The Bertz CT molecular complexity index is 1260. The minimum Gasteiger partial charge on any atom is -0.468 e. The van der Waals surface area contributed by atoms with Crippen molar-refractivity contribution in [3.8, 4) is 17.1 Å². The molecule has 1 saturated carbocycles. The van der Waals surface area contributed by atoms with Crippen LogP contribution in [0.4, 0.5) is 4.39 Å². The van der Waals surface area contributed by atoms with Gasteiger partial charge in [0.25, 0.3) is 5.91 Å². The molecule has 0 aliphatic heterocycles. The molecule has 0 spiro atoms. The number of Topliss-reactive ketones (excluding diaryl/α,β-unsaturated/α-hetero) is 1. The van der Waals surface area contributed by atoms with E-state index in [1.54, 1.807) is 13.0 Å². The topological polar surface area (TPSA) is 157 Å². The molecular formula is C23H22FN5O5S. The van der Waals surface area contributed by atoms with Gasteiger partial charge >= 0.3 is 0 Å². The number of aliphatic hydroxyl groups is 1. The van der Waals surface area contributed by atoms with E-state index in [1.807, 2.05) is 0 Å². The standard InChI is InChI=1S/C23H22FN5O5S/c1-11(34-20-9-26-17(8-27-20)21(31)12-2-3-12)19-7-16(29-35-19)13-4-5-14(15(24)6-13)23(33)28-18(10-30)22(25)32/h4-9,11-12,18,30H,2-3,10H2,1H3,(H2,25,32)(H,28,33)/t11?,18-/m0/s1. The second kappa shape index (κ2) is 10.2. The molecule has 182 valence electrons. The van der Waals surface area contributed by atoms with Crippen molar-refractivity contribution in [2.24, 2.45) is 11.7 Å². The number of aliphatic hydroxyl groups excluding tert-OH is 1. The van der Waals surface area contributed by atoms with Crippen molar-refractivity contribution in [2.75, 3.05) is 6.61 Å². The normalized spacial score (nSPS) is 14.7. The zero-order valence-electron chi connectivity index (χ0n) is 18.6. The first kappa shape index (κ1) is 24.4. The number of aromatic nitrogens is 3. The monoisotopic (exact) mass is 499 g/mol. The Morgan fingerprint density at radius 2 is 2.03 bits per heavy atom. The summed E-state index contributed by atoms with van der Waals surface area (Å²) in [5.74, 6) is -2.31. The summed E-state index contributed by atoms with van der Waals surface area (Å²) in [6.45, 7) is 1.10. The molecule has 12 heteroatoms. The summed E-state index contributed by atoms with van der Waals surface area (Å²) in [4.78, 5) is 44.5. The lowest BCUT2D eigenvalue weighted by molar-refractivity contribution is -0.120. The fraction of sp³-hybridized carbons (Fsp3) is 0.304. The number of halogens is 1. The molecule has 4 rings (SSSR count). The SMILES string of the molecule is CC(Oc1cnc(C(=O)C2CC2)cn1)c1cc(-c2ccc(C(=O)N[C@@H](CO)C(N)=O)c(F)c2)ns1. The number of benzene rings is 1. The Morgan fingerprint density at radius 3 is 2.63 bits per heavy atom. The maximum absolute atomic E-state index is 14.6. The largest absolute Gasteiger partial charge is 0.468 e. The molecule has 1 unspecified atom stereocenters. The van der Waals surface area contributed by atoms with Crippen molar-refractivity contribution >= 4 is 29.1 Å². The van der Waals surface area contributed by atoms with Gasteiger partial charge in [0.05, 0.1) is 35.1 Å². The molecule has 35 heavy (non-hydrogen) atoms. The lowest BCUT2D eigenvalue weighted by Gasteiger charge is -2.13. The minimum atomic E-state index is -1.32. The summed E-state index contributed by atoms with van der Waals surface area (Å²) in [7, 11) is 0. The first-order valence-corrected chi connectivity index (χ1v) is 11.5. The lowest BCUT2D eigenvalue weighted by Crippen LogP contribution is -2.47. The number of nitrogens with zero attached hydrogens (tertiary/aromatic N) is 3.